The van der Waals surface area contributed by atoms with Gasteiger partial charge in [-0.25, -0.2) is 0 Å². The minimum atomic E-state index is 0. The van der Waals surface area contributed by atoms with Crippen molar-refractivity contribution in [3.8, 4) is 0 Å². The van der Waals surface area contributed by atoms with E-state index in [0.717, 1.165) is 19.4 Å². The first kappa shape index (κ1) is 8.83. The van der Waals surface area contributed by atoms with Crippen LogP contribution in [0.3, 0.4) is 0 Å². The van der Waals surface area contributed by atoms with Gasteiger partial charge >= 0.3 is 0 Å². The summed E-state index contributed by atoms with van der Waals surface area (Å²) < 4.78 is 10.1. The lowest BCUT2D eigenvalue weighted by Crippen LogP contribution is -2.07. The fraction of sp³-hybridized carbons (Fsp3) is 1.00. The molecular weight excluding hydrogens is 191 g/mol. The minimum Gasteiger partial charge on any atom is -0.350 e. The summed E-state index contributed by atoms with van der Waals surface area (Å²) in [5, 5.41) is 0. The summed E-state index contributed by atoms with van der Waals surface area (Å²) in [6.45, 7) is 1.53. The highest BCUT2D eigenvalue weighted by Crippen LogP contribution is 2.05. The molecule has 0 radical (unpaired) electrons. The Hall–Kier alpha value is 0.830. The van der Waals surface area contributed by atoms with Crippen LogP contribution in [0.1, 0.15) is 0 Å². The molecule has 1 aliphatic rings. The molecule has 1 fully saturated rings. The molecule has 0 saturated carbocycles. The van der Waals surface area contributed by atoms with Gasteiger partial charge in [0.25, 0.3) is 0 Å². The Morgan fingerprint density at radius 1 is 1.38 bits per heavy atom. The van der Waals surface area contributed by atoms with E-state index in [4.69, 9.17) is 9.47 Å². The molecule has 0 amide bonds. The van der Waals surface area contributed by atoms with Crippen LogP contribution in [0.25, 0.3) is 0 Å². The lowest BCUT2D eigenvalue weighted by atomic mass is 10.8. The van der Waals surface area contributed by atoms with Gasteiger partial charge in [-0.15, -0.1) is 26.2 Å². The average molecular weight is 201 g/mol. The van der Waals surface area contributed by atoms with Gasteiger partial charge in [-0.3, -0.25) is 0 Å². The maximum atomic E-state index is 5.06. The van der Waals surface area contributed by atoms with Gasteiger partial charge < -0.3 is 9.47 Å². The first-order chi connectivity index (χ1) is 3.43. The number of halogens is 1. The zero-order valence-corrected chi connectivity index (χ0v) is 7.37. The molecule has 8 heavy (non-hydrogen) atoms. The highest BCUT2D eigenvalue weighted by Gasteiger charge is 2.11. The first-order valence-corrected chi connectivity index (χ1v) is 3.18. The highest BCUT2D eigenvalue weighted by atomic mass is 79.9. The van der Waals surface area contributed by atoms with Crippen molar-refractivity contribution in [2.45, 2.75) is 6.29 Å². The maximum absolute atomic E-state index is 5.06. The molecule has 1 aliphatic heterocycles. The van der Waals surface area contributed by atoms with Crippen LogP contribution in [0.2, 0.25) is 0 Å². The van der Waals surface area contributed by atoms with E-state index in [9.17, 15) is 0 Å². The molecule has 0 aliphatic carbocycles. The second-order valence-electron chi connectivity index (χ2n) is 1.41. The van der Waals surface area contributed by atoms with E-state index < -0.39 is 0 Å². The molecule has 0 aromatic heterocycles. The topological polar surface area (TPSA) is 18.5 Å². The van der Waals surface area contributed by atoms with Gasteiger partial charge in [0.2, 0.25) is 0 Å². The molecule has 1 heterocycles. The summed E-state index contributed by atoms with van der Waals surface area (Å²) in [4.78, 5) is 0. The lowest BCUT2D eigenvalue weighted by Gasteiger charge is -2.01. The van der Waals surface area contributed by atoms with Crippen LogP contribution in [-0.4, -0.2) is 25.7 Å². The van der Waals surface area contributed by atoms with E-state index in [-0.39, 0.29) is 23.3 Å². The molecule has 1 atom stereocenters. The van der Waals surface area contributed by atoms with Gasteiger partial charge in [-0.1, -0.05) is 0 Å². The van der Waals surface area contributed by atoms with Crippen molar-refractivity contribution < 1.29 is 9.47 Å². The monoisotopic (exact) mass is 200 g/mol. The van der Waals surface area contributed by atoms with Crippen molar-refractivity contribution in [3.05, 3.63) is 0 Å². The second kappa shape index (κ2) is 4.68. The predicted octanol–water partition coefficient (Wildman–Crippen LogP) is 0.812. The van der Waals surface area contributed by atoms with Crippen molar-refractivity contribution in [3.63, 3.8) is 0 Å². The lowest BCUT2D eigenvalue weighted by molar-refractivity contribution is -0.0216. The molecule has 0 N–H and O–H groups in total. The number of ether oxygens (including phenoxy) is 2. The van der Waals surface area contributed by atoms with Crippen LogP contribution in [0.4, 0.5) is 0 Å². The molecule has 4 heteroatoms. The van der Waals surface area contributed by atoms with Gasteiger partial charge in [-0.05, 0) is 0 Å². The van der Waals surface area contributed by atoms with E-state index in [0.29, 0.717) is 0 Å². The normalized spacial score (nSPS) is 20.6. The van der Waals surface area contributed by atoms with E-state index >= 15 is 0 Å². The number of rotatable bonds is 1. The third-order valence-electron chi connectivity index (χ3n) is 0.883. The molecule has 1 saturated heterocycles. The molecule has 0 bridgehead atoms. The van der Waals surface area contributed by atoms with Crippen LogP contribution in [-0.2, 0) is 9.47 Å². The van der Waals surface area contributed by atoms with Crippen molar-refractivity contribution in [1.29, 1.82) is 0 Å². The standard InChI is InChI=1S/C4H9O2P.BrH/c7-3-4-5-1-2-6-4;/h4H,1-3,7H2;1H. The highest BCUT2D eigenvalue weighted by molar-refractivity contribution is 8.93. The molecular formula is C4H10BrO2P. The molecule has 1 unspecified atom stereocenters. The van der Waals surface area contributed by atoms with Crippen LogP contribution < -0.4 is 0 Å². The Morgan fingerprint density at radius 3 is 2.12 bits per heavy atom. The summed E-state index contributed by atoms with van der Waals surface area (Å²) in [6.07, 6.45) is 0.949. The summed E-state index contributed by atoms with van der Waals surface area (Å²) >= 11 is 0. The Kier molecular flexibility index (Phi) is 5.17. The third kappa shape index (κ3) is 2.40. The molecule has 0 aromatic carbocycles. The van der Waals surface area contributed by atoms with Crippen molar-refractivity contribution in [1.82, 2.24) is 0 Å². The summed E-state index contributed by atoms with van der Waals surface area (Å²) in [5.41, 5.74) is 0. The summed E-state index contributed by atoms with van der Waals surface area (Å²) in [6, 6.07) is 0. The van der Waals surface area contributed by atoms with Gasteiger partial charge in [-0.2, -0.15) is 0 Å². The molecule has 0 spiro atoms. The van der Waals surface area contributed by atoms with Crippen molar-refractivity contribution in [2.75, 3.05) is 19.4 Å². The second-order valence-corrected chi connectivity index (χ2v) is 1.88. The third-order valence-corrected chi connectivity index (χ3v) is 1.27. The van der Waals surface area contributed by atoms with Crippen LogP contribution in [0.5, 0.6) is 0 Å². The first-order valence-electron chi connectivity index (χ1n) is 2.37. The largest absolute Gasteiger partial charge is 0.350 e. The summed E-state index contributed by atoms with van der Waals surface area (Å²) in [5.74, 6) is 0. The zero-order chi connectivity index (χ0) is 5.11. The Morgan fingerprint density at radius 2 is 1.88 bits per heavy atom. The maximum Gasteiger partial charge on any atom is 0.161 e. The predicted molar refractivity (Wildman–Crippen MR) is 40.6 cm³/mol. The number of hydrogen-bond acceptors (Lipinski definition) is 2. The minimum absolute atomic E-state index is 0. The van der Waals surface area contributed by atoms with E-state index in [1.54, 1.807) is 0 Å². The SMILES string of the molecule is Br.PCC1OCCO1. The summed E-state index contributed by atoms with van der Waals surface area (Å²) in [7, 11) is 2.57. The molecule has 2 nitrogen and oxygen atoms in total. The smallest absolute Gasteiger partial charge is 0.161 e. The van der Waals surface area contributed by atoms with Crippen LogP contribution >= 0.6 is 26.2 Å². The van der Waals surface area contributed by atoms with Gasteiger partial charge in [0.05, 0.1) is 13.2 Å². The van der Waals surface area contributed by atoms with E-state index in [2.05, 4.69) is 9.24 Å². The Labute approximate surface area is 61.9 Å². The van der Waals surface area contributed by atoms with E-state index in [1.807, 2.05) is 0 Å². The average Bonchev–Trinajstić information content (AvgIpc) is 2.14. The zero-order valence-electron chi connectivity index (χ0n) is 4.50. The van der Waals surface area contributed by atoms with Gasteiger partial charge in [0, 0.05) is 6.16 Å². The van der Waals surface area contributed by atoms with Gasteiger partial charge in [0.15, 0.2) is 6.29 Å². The van der Waals surface area contributed by atoms with Crippen LogP contribution in [0.15, 0.2) is 0 Å². The Bertz CT molecular complexity index is 56.0. The van der Waals surface area contributed by atoms with Crippen molar-refractivity contribution in [2.24, 2.45) is 0 Å². The fourth-order valence-corrected chi connectivity index (χ4v) is 0.815. The fourth-order valence-electron chi connectivity index (χ4n) is 0.543. The molecule has 0 aromatic rings. The van der Waals surface area contributed by atoms with E-state index in [1.165, 1.54) is 0 Å². The van der Waals surface area contributed by atoms with Gasteiger partial charge in [0.1, 0.15) is 0 Å². The quantitative estimate of drug-likeness (QED) is 0.584. The number of hydrogen-bond donors (Lipinski definition) is 0. The van der Waals surface area contributed by atoms with Crippen LogP contribution in [0, 0.1) is 0 Å². The van der Waals surface area contributed by atoms with Crippen molar-refractivity contribution >= 4 is 26.2 Å². The Balaban J connectivity index is 0.000000490. The molecule has 1 rings (SSSR count). The molecule has 50 valence electrons.